The Labute approximate surface area is 380 Å². The Morgan fingerprint density at radius 2 is 1.64 bits per heavy atom. The minimum Gasteiger partial charge on any atom is -0.399 e. The van der Waals surface area contributed by atoms with E-state index in [2.05, 4.69) is 20.2 Å². The summed E-state index contributed by atoms with van der Waals surface area (Å²) in [5, 5.41) is 9.81. The average molecular weight is 981 g/mol. The Morgan fingerprint density at radius 3 is 2.27 bits per heavy atom. The molecule has 9 rings (SSSR count). The van der Waals surface area contributed by atoms with Gasteiger partial charge < -0.3 is 14.6 Å². The van der Waals surface area contributed by atoms with E-state index in [1.807, 2.05) is 27.7 Å². The zero-order valence-corrected chi connectivity index (χ0v) is 37.4. The quantitative estimate of drug-likeness (QED) is 0.0913. The first kappa shape index (κ1) is 46.5. The second-order valence-electron chi connectivity index (χ2n) is 17.8. The number of rotatable bonds is 13. The SMILES string of the molecule is CC1(C)OB(c2ccc3c(=O)n(-c4ccc(Cl)c5c(NS(C)(=O)=O)nn(CC(F)F)c45)c([C@H](Cc4cc(F)cc(F)c4)NC(=O)Cn4nc(C(F)F)c5c4C(F)(F)[C@@H]4C[C@H]54)nc3c2)OC1(C)C. The monoisotopic (exact) mass is 980 g/mol. The molecule has 0 bridgehead atoms. The molecule has 1 saturated heterocycles. The van der Waals surface area contributed by atoms with E-state index in [1.54, 1.807) is 0 Å². The number of sulfonamides is 1. The highest BCUT2D eigenvalue weighted by Crippen LogP contribution is 2.68. The van der Waals surface area contributed by atoms with Crippen molar-refractivity contribution >= 4 is 67.7 Å². The van der Waals surface area contributed by atoms with Crippen LogP contribution < -0.4 is 21.1 Å². The van der Waals surface area contributed by atoms with E-state index in [1.165, 1.54) is 30.3 Å². The van der Waals surface area contributed by atoms with Crippen molar-refractivity contribution in [3.8, 4) is 5.69 Å². The molecule has 1 aliphatic heterocycles. The van der Waals surface area contributed by atoms with Crippen LogP contribution in [0.1, 0.15) is 80.8 Å². The fraction of sp³-hybridized carbons (Fsp3) is 0.405. The van der Waals surface area contributed by atoms with Crippen molar-refractivity contribution in [1.29, 1.82) is 0 Å². The molecule has 2 aliphatic carbocycles. The first-order valence-electron chi connectivity index (χ1n) is 20.6. The van der Waals surface area contributed by atoms with Gasteiger partial charge in [0.2, 0.25) is 15.9 Å². The Kier molecular flexibility index (Phi) is 11.1. The number of alkyl halides is 6. The number of amides is 1. The summed E-state index contributed by atoms with van der Waals surface area (Å²) in [5.41, 5.74) is -5.11. The van der Waals surface area contributed by atoms with Crippen molar-refractivity contribution in [2.75, 3.05) is 11.0 Å². The van der Waals surface area contributed by atoms with Gasteiger partial charge in [-0.3, -0.25) is 28.2 Å². The van der Waals surface area contributed by atoms with Gasteiger partial charge >= 0.3 is 7.12 Å². The number of hydrogen-bond donors (Lipinski definition) is 2. The standard InChI is InChI=1S/C42H38BClF8N8O6S/c1-40(2)41(3,4)66-43(65-40)19-6-7-22-26(13-19)54-38(60(39(22)62)28-9-8-25(44)32-34(28)58(16-29(47)48)56-37(32)57-67(5,63)64)27(12-18-10-20(45)14-21(46)11-18)53-30(61)17-59-35-31(33(55-59)36(49)50)23-15-24(23)42(35,51)52/h6-11,13-14,23-24,27,29,36H,12,15-17H2,1-5H3,(H,53,61)(H,56,57)/t23-,24+,27-/m0/s1. The molecule has 3 aromatic heterocycles. The van der Waals surface area contributed by atoms with Crippen LogP contribution in [0, 0.1) is 17.6 Å². The van der Waals surface area contributed by atoms with E-state index < -0.39 is 131 Å². The van der Waals surface area contributed by atoms with Gasteiger partial charge in [-0.1, -0.05) is 17.7 Å². The van der Waals surface area contributed by atoms with Gasteiger partial charge in [0.25, 0.3) is 24.3 Å². The second-order valence-corrected chi connectivity index (χ2v) is 20.0. The number of aromatic nitrogens is 6. The normalized spacial score (nSPS) is 19.7. The highest BCUT2D eigenvalue weighted by atomic mass is 35.5. The summed E-state index contributed by atoms with van der Waals surface area (Å²) in [5.74, 6) is -9.95. The molecular formula is C42H38BClF8N8O6S. The predicted octanol–water partition coefficient (Wildman–Crippen LogP) is 7.05. The lowest BCUT2D eigenvalue weighted by molar-refractivity contribution is -0.123. The lowest BCUT2D eigenvalue weighted by Crippen LogP contribution is -2.41. The van der Waals surface area contributed by atoms with Gasteiger partial charge in [-0.2, -0.15) is 19.0 Å². The van der Waals surface area contributed by atoms with Crippen LogP contribution in [0.2, 0.25) is 5.02 Å². The third-order valence-electron chi connectivity index (χ3n) is 12.6. The van der Waals surface area contributed by atoms with Crippen molar-refractivity contribution in [3.63, 3.8) is 0 Å². The minimum atomic E-state index is -4.14. The minimum absolute atomic E-state index is 0.0503. The van der Waals surface area contributed by atoms with E-state index in [0.717, 1.165) is 23.0 Å². The zero-order valence-electron chi connectivity index (χ0n) is 35.9. The molecule has 3 aliphatic rings. The van der Waals surface area contributed by atoms with Gasteiger partial charge in [-0.25, -0.2) is 39.7 Å². The van der Waals surface area contributed by atoms with Gasteiger partial charge in [0, 0.05) is 24.0 Å². The number of halogens is 9. The Hall–Kier alpha value is -5.59. The van der Waals surface area contributed by atoms with Crippen molar-refractivity contribution in [2.45, 2.75) is 95.6 Å². The Balaban J connectivity index is 1.27. The lowest BCUT2D eigenvalue weighted by atomic mass is 9.79. The molecule has 0 radical (unpaired) electrons. The Bertz CT molecular complexity index is 3180. The summed E-state index contributed by atoms with van der Waals surface area (Å²) >= 11 is 6.59. The number of fused-ring (bicyclic) bond motifs is 5. The molecule has 2 N–H and O–H groups in total. The number of carbonyl (C=O) groups is 1. The molecule has 3 aromatic carbocycles. The number of benzene rings is 3. The van der Waals surface area contributed by atoms with Crippen LogP contribution in [0.4, 0.5) is 40.9 Å². The average Bonchev–Trinajstić information content (AvgIpc) is 3.63. The third kappa shape index (κ3) is 8.21. The van der Waals surface area contributed by atoms with E-state index in [-0.39, 0.29) is 50.1 Å². The summed E-state index contributed by atoms with van der Waals surface area (Å²) in [6.07, 6.45) is -6.24. The maximum atomic E-state index is 15.6. The summed E-state index contributed by atoms with van der Waals surface area (Å²) < 4.78 is 159. The molecule has 14 nitrogen and oxygen atoms in total. The number of nitrogens with zero attached hydrogens (tertiary/aromatic N) is 6. The van der Waals surface area contributed by atoms with Gasteiger partial charge in [-0.05, 0) is 87.5 Å². The van der Waals surface area contributed by atoms with E-state index in [0.29, 0.717) is 20.9 Å². The van der Waals surface area contributed by atoms with Crippen molar-refractivity contribution in [1.82, 2.24) is 34.4 Å². The molecule has 2 fully saturated rings. The molecule has 67 heavy (non-hydrogen) atoms. The van der Waals surface area contributed by atoms with Crippen LogP contribution in [-0.2, 0) is 49.6 Å². The van der Waals surface area contributed by atoms with Crippen molar-refractivity contribution in [2.24, 2.45) is 5.92 Å². The van der Waals surface area contributed by atoms with Gasteiger partial charge in [0.15, 0.2) is 5.82 Å². The molecule has 25 heteroatoms. The largest absolute Gasteiger partial charge is 0.494 e. The first-order valence-corrected chi connectivity index (χ1v) is 22.9. The molecule has 1 amide bonds. The van der Waals surface area contributed by atoms with Crippen LogP contribution in [0.5, 0.6) is 0 Å². The van der Waals surface area contributed by atoms with Gasteiger partial charge in [0.05, 0.1) is 56.0 Å². The predicted molar refractivity (Wildman–Crippen MR) is 229 cm³/mol. The number of hydrogen-bond acceptors (Lipinski definition) is 9. The Morgan fingerprint density at radius 1 is 0.970 bits per heavy atom. The fourth-order valence-corrected chi connectivity index (χ4v) is 9.63. The second kappa shape index (κ2) is 16.0. The number of carbonyl (C=O) groups excluding carboxylic acids is 1. The molecule has 4 heterocycles. The van der Waals surface area contributed by atoms with E-state index in [9.17, 15) is 39.6 Å². The molecular weight excluding hydrogens is 943 g/mol. The summed E-state index contributed by atoms with van der Waals surface area (Å²) in [4.78, 5) is 34.2. The maximum absolute atomic E-state index is 15.6. The van der Waals surface area contributed by atoms with E-state index in [4.69, 9.17) is 25.9 Å². The summed E-state index contributed by atoms with van der Waals surface area (Å²) in [6, 6.07) is 7.47. The van der Waals surface area contributed by atoms with Crippen molar-refractivity contribution < 1.29 is 57.6 Å². The summed E-state index contributed by atoms with van der Waals surface area (Å²) in [6.45, 7) is 5.00. The first-order chi connectivity index (χ1) is 31.2. The molecule has 3 atom stereocenters. The van der Waals surface area contributed by atoms with Crippen LogP contribution in [0.3, 0.4) is 0 Å². The molecule has 354 valence electrons. The van der Waals surface area contributed by atoms with Crippen LogP contribution in [0.25, 0.3) is 27.5 Å². The lowest BCUT2D eigenvalue weighted by Gasteiger charge is -2.32. The van der Waals surface area contributed by atoms with Crippen LogP contribution in [-0.4, -0.2) is 74.4 Å². The zero-order chi connectivity index (χ0) is 48.4. The van der Waals surface area contributed by atoms with Crippen LogP contribution in [0.15, 0.2) is 53.3 Å². The number of anilines is 1. The van der Waals surface area contributed by atoms with Crippen LogP contribution >= 0.6 is 11.6 Å². The molecule has 0 unspecified atom stereocenters. The van der Waals surface area contributed by atoms with E-state index >= 15 is 13.6 Å². The molecule has 6 aromatic rings. The van der Waals surface area contributed by atoms with Crippen molar-refractivity contribution in [3.05, 3.63) is 104 Å². The van der Waals surface area contributed by atoms with Gasteiger partial charge in [-0.15, -0.1) is 0 Å². The smallest absolute Gasteiger partial charge is 0.399 e. The molecule has 1 saturated carbocycles. The highest BCUT2D eigenvalue weighted by molar-refractivity contribution is 7.92. The molecule has 0 spiro atoms. The van der Waals surface area contributed by atoms with Gasteiger partial charge in [0.1, 0.15) is 41.9 Å². The number of nitrogens with one attached hydrogen (secondary N) is 2. The highest BCUT2D eigenvalue weighted by Gasteiger charge is 2.67. The summed E-state index contributed by atoms with van der Waals surface area (Å²) in [7, 11) is -5.13. The maximum Gasteiger partial charge on any atom is 0.494 e. The topological polar surface area (TPSA) is 164 Å². The fourth-order valence-electron chi connectivity index (χ4n) is 8.89. The third-order valence-corrected chi connectivity index (χ3v) is 13.4.